The number of rotatable bonds is 11. The smallest absolute Gasteiger partial charge is 0.459 e. The minimum absolute atomic E-state index is 0.102. The number of aromatic nitrogens is 3. The zero-order valence-electron chi connectivity index (χ0n) is 22.1. The second-order valence-electron chi connectivity index (χ2n) is 9.69. The zero-order chi connectivity index (χ0) is 29.0. The predicted octanol–water partition coefficient (Wildman–Crippen LogP) is 2.09. The van der Waals surface area contributed by atoms with Gasteiger partial charge in [-0.05, 0) is 24.3 Å². The number of nitrogens with one attached hydrogen (secondary N) is 1. The van der Waals surface area contributed by atoms with E-state index in [2.05, 4.69) is 15.1 Å². The van der Waals surface area contributed by atoms with Crippen molar-refractivity contribution in [2.45, 2.75) is 49.6 Å². The Labute approximate surface area is 234 Å². The topological polar surface area (TPSA) is 188 Å². The number of esters is 1. The van der Waals surface area contributed by atoms with Crippen molar-refractivity contribution >= 4 is 42.2 Å². The number of thioether (sulfide) groups is 1. The molecule has 0 bridgehead atoms. The molecule has 40 heavy (non-hydrogen) atoms. The molecule has 6 atom stereocenters. The van der Waals surface area contributed by atoms with Crippen LogP contribution >= 0.6 is 19.5 Å². The van der Waals surface area contributed by atoms with E-state index in [0.717, 1.165) is 28.0 Å². The van der Waals surface area contributed by atoms with E-state index in [-0.39, 0.29) is 30.8 Å². The lowest BCUT2D eigenvalue weighted by Gasteiger charge is -2.25. The number of nitrogens with two attached hydrogens (primary N) is 1. The minimum atomic E-state index is -4.28. The van der Waals surface area contributed by atoms with Crippen LogP contribution in [-0.2, 0) is 18.6 Å². The SMILES string of the molecule is CC(C)COC(=O)[C@H](C)NP(=O)(OC[C@H]1S[C@@H](n2cnc(N)nc2=O)[C@@H](O)[C@H]1O)Oc1cccc2ccccc12. The van der Waals surface area contributed by atoms with Gasteiger partial charge in [-0.2, -0.15) is 10.1 Å². The highest BCUT2D eigenvalue weighted by atomic mass is 32.2. The van der Waals surface area contributed by atoms with Crippen molar-refractivity contribution in [1.82, 2.24) is 19.6 Å². The Kier molecular flexibility index (Phi) is 9.49. The largest absolute Gasteiger partial charge is 0.464 e. The predicted molar refractivity (Wildman–Crippen MR) is 150 cm³/mol. The molecule has 2 aromatic carbocycles. The molecule has 1 fully saturated rings. The maximum atomic E-state index is 14.1. The highest BCUT2D eigenvalue weighted by molar-refractivity contribution is 8.00. The van der Waals surface area contributed by atoms with Gasteiger partial charge in [0.2, 0.25) is 5.95 Å². The second kappa shape index (κ2) is 12.7. The molecule has 1 unspecified atom stereocenters. The van der Waals surface area contributed by atoms with Crippen molar-refractivity contribution in [3.8, 4) is 5.75 Å². The molecule has 1 aromatic heterocycles. The normalized spacial score (nSPS) is 23.1. The van der Waals surface area contributed by atoms with Crippen LogP contribution in [0.2, 0.25) is 0 Å². The fourth-order valence-electron chi connectivity index (χ4n) is 3.96. The Balaban J connectivity index is 1.55. The summed E-state index contributed by atoms with van der Waals surface area (Å²) in [6.07, 6.45) is -1.62. The Morgan fingerprint density at radius 2 is 1.90 bits per heavy atom. The van der Waals surface area contributed by atoms with E-state index < -0.39 is 48.3 Å². The number of anilines is 1. The summed E-state index contributed by atoms with van der Waals surface area (Å²) in [5.41, 5.74) is 4.69. The Hall–Kier alpha value is -3.00. The van der Waals surface area contributed by atoms with Gasteiger partial charge >= 0.3 is 19.4 Å². The number of hydrogen-bond acceptors (Lipinski definition) is 12. The summed E-state index contributed by atoms with van der Waals surface area (Å²) < 4.78 is 32.0. The lowest BCUT2D eigenvalue weighted by Crippen LogP contribution is -2.38. The number of aliphatic hydroxyl groups excluding tert-OH is 2. The van der Waals surface area contributed by atoms with Crippen LogP contribution in [-0.4, -0.2) is 67.4 Å². The molecule has 13 nitrogen and oxygen atoms in total. The van der Waals surface area contributed by atoms with Gasteiger partial charge in [0.25, 0.3) is 0 Å². The number of carbonyl (C=O) groups is 1. The summed E-state index contributed by atoms with van der Waals surface area (Å²) in [4.78, 5) is 32.2. The van der Waals surface area contributed by atoms with Crippen LogP contribution in [0, 0.1) is 5.92 Å². The maximum Gasteiger partial charge on any atom is 0.459 e. The van der Waals surface area contributed by atoms with E-state index in [0.29, 0.717) is 5.39 Å². The van der Waals surface area contributed by atoms with E-state index in [1.807, 2.05) is 32.0 Å². The quantitative estimate of drug-likeness (QED) is 0.187. The van der Waals surface area contributed by atoms with Gasteiger partial charge in [-0.15, -0.1) is 11.8 Å². The van der Waals surface area contributed by atoms with Crippen LogP contribution in [0.3, 0.4) is 0 Å². The van der Waals surface area contributed by atoms with Crippen molar-refractivity contribution in [3.63, 3.8) is 0 Å². The summed E-state index contributed by atoms with van der Waals surface area (Å²) in [7, 11) is -4.28. The lowest BCUT2D eigenvalue weighted by atomic mass is 10.1. The molecular formula is C25H32N5O8PS. The van der Waals surface area contributed by atoms with Crippen LogP contribution < -0.4 is 21.0 Å². The first-order valence-electron chi connectivity index (χ1n) is 12.6. The summed E-state index contributed by atoms with van der Waals surface area (Å²) in [6.45, 7) is 5.06. The van der Waals surface area contributed by atoms with Crippen LogP contribution in [0.25, 0.3) is 10.8 Å². The van der Waals surface area contributed by atoms with E-state index in [9.17, 15) is 24.4 Å². The Morgan fingerprint density at radius 1 is 1.18 bits per heavy atom. The summed E-state index contributed by atoms with van der Waals surface area (Å²) in [5, 5.41) is 23.7. The van der Waals surface area contributed by atoms with E-state index in [1.165, 1.54) is 6.92 Å². The molecule has 1 aliphatic rings. The lowest BCUT2D eigenvalue weighted by molar-refractivity contribution is -0.146. The van der Waals surface area contributed by atoms with Crippen LogP contribution in [0.15, 0.2) is 53.6 Å². The molecule has 1 saturated heterocycles. The molecule has 3 aromatic rings. The highest BCUT2D eigenvalue weighted by Crippen LogP contribution is 2.49. The van der Waals surface area contributed by atoms with Crippen LogP contribution in [0.5, 0.6) is 5.75 Å². The number of hydrogen-bond donors (Lipinski definition) is 4. The maximum absolute atomic E-state index is 14.1. The molecule has 2 heterocycles. The van der Waals surface area contributed by atoms with Crippen molar-refractivity contribution in [1.29, 1.82) is 0 Å². The number of nitrogen functional groups attached to an aromatic ring is 1. The number of nitrogens with zero attached hydrogens (tertiary/aromatic N) is 3. The summed E-state index contributed by atoms with van der Waals surface area (Å²) in [6, 6.07) is 11.5. The number of carbonyl (C=O) groups excluding carboxylic acids is 1. The van der Waals surface area contributed by atoms with Gasteiger partial charge in [0.15, 0.2) is 0 Å². The van der Waals surface area contributed by atoms with E-state index in [4.69, 9.17) is 19.5 Å². The number of fused-ring (bicyclic) bond motifs is 1. The Bertz CT molecular complexity index is 1450. The molecular weight excluding hydrogens is 561 g/mol. The third-order valence-electron chi connectivity index (χ3n) is 6.00. The molecule has 0 aliphatic carbocycles. The molecule has 4 rings (SSSR count). The first kappa shape index (κ1) is 30.0. The third-order valence-corrected chi connectivity index (χ3v) is 9.18. The number of ether oxygens (including phenoxy) is 1. The summed E-state index contributed by atoms with van der Waals surface area (Å²) >= 11 is 1.01. The molecule has 0 spiro atoms. The van der Waals surface area contributed by atoms with E-state index >= 15 is 0 Å². The zero-order valence-corrected chi connectivity index (χ0v) is 23.8. The number of benzene rings is 2. The average molecular weight is 594 g/mol. The molecule has 0 saturated carbocycles. The summed E-state index contributed by atoms with van der Waals surface area (Å²) in [5.74, 6) is -0.518. The van der Waals surface area contributed by atoms with Gasteiger partial charge in [-0.25, -0.2) is 14.3 Å². The highest BCUT2D eigenvalue weighted by Gasteiger charge is 2.45. The monoisotopic (exact) mass is 593 g/mol. The molecule has 15 heteroatoms. The molecule has 0 amide bonds. The number of aliphatic hydroxyl groups is 2. The molecule has 0 radical (unpaired) electrons. The van der Waals surface area contributed by atoms with Gasteiger partial charge < -0.3 is 25.2 Å². The minimum Gasteiger partial charge on any atom is -0.464 e. The van der Waals surface area contributed by atoms with E-state index in [1.54, 1.807) is 24.3 Å². The van der Waals surface area contributed by atoms with Crippen molar-refractivity contribution in [2.24, 2.45) is 5.92 Å². The van der Waals surface area contributed by atoms with Crippen LogP contribution in [0.4, 0.5) is 5.95 Å². The Morgan fingerprint density at radius 3 is 2.62 bits per heavy atom. The van der Waals surface area contributed by atoms with Gasteiger partial charge in [0.1, 0.15) is 29.6 Å². The fourth-order valence-corrected chi connectivity index (χ4v) is 7.02. The first-order valence-corrected chi connectivity index (χ1v) is 15.0. The van der Waals surface area contributed by atoms with Crippen molar-refractivity contribution in [2.75, 3.05) is 18.9 Å². The van der Waals surface area contributed by atoms with Gasteiger partial charge in [0, 0.05) is 5.39 Å². The average Bonchev–Trinajstić information content (AvgIpc) is 3.19. The van der Waals surface area contributed by atoms with Gasteiger partial charge in [-0.3, -0.25) is 13.9 Å². The molecule has 216 valence electrons. The van der Waals surface area contributed by atoms with Crippen LogP contribution in [0.1, 0.15) is 26.1 Å². The molecule has 1 aliphatic heterocycles. The first-order chi connectivity index (χ1) is 19.0. The standard InChI is InChI=1S/C25H32N5O8PS/c1-14(2)11-36-23(33)15(3)29-39(35,38-18-10-6-8-16-7-4-5-9-17(16)18)37-12-19-20(31)21(32)22(40-19)30-13-27-24(26)28-25(30)34/h4-10,13-15,19-22,31-32H,11-12H2,1-3H3,(H,29,35)(H2,26,28,34)/t15-,19+,20-,21-,22+,39?/m0/s1. The fraction of sp³-hybridized carbons (Fsp3) is 0.440. The van der Waals surface area contributed by atoms with Gasteiger partial charge in [-0.1, -0.05) is 50.2 Å². The second-order valence-corrected chi connectivity index (χ2v) is 12.7. The van der Waals surface area contributed by atoms with Crippen molar-refractivity contribution in [3.05, 3.63) is 59.3 Å². The molecule has 5 N–H and O–H groups in total. The van der Waals surface area contributed by atoms with Crippen molar-refractivity contribution < 1.29 is 33.4 Å². The van der Waals surface area contributed by atoms with Gasteiger partial charge in [0.05, 0.1) is 24.6 Å². The third kappa shape index (κ3) is 7.00.